The Labute approximate surface area is 120 Å². The standard InChI is InChI=1S/C14H17BrFNO2/c1-2-19-14(18)9-17(12-5-6-12)8-10-3-4-11(15)7-13(10)16/h3-4,7,12H,2,5-6,8-9H2,1H3. The van der Waals surface area contributed by atoms with Gasteiger partial charge in [-0.05, 0) is 31.9 Å². The van der Waals surface area contributed by atoms with Crippen molar-refractivity contribution < 1.29 is 13.9 Å². The Bertz CT molecular complexity index is 463. The first-order valence-corrected chi connectivity index (χ1v) is 7.23. The third-order valence-electron chi connectivity index (χ3n) is 3.09. The van der Waals surface area contributed by atoms with Crippen LogP contribution in [0.2, 0.25) is 0 Å². The van der Waals surface area contributed by atoms with Crippen molar-refractivity contribution in [1.29, 1.82) is 0 Å². The molecule has 2 rings (SSSR count). The van der Waals surface area contributed by atoms with E-state index < -0.39 is 0 Å². The van der Waals surface area contributed by atoms with Crippen molar-refractivity contribution in [2.75, 3.05) is 13.2 Å². The van der Waals surface area contributed by atoms with Gasteiger partial charge in [-0.1, -0.05) is 22.0 Å². The fraction of sp³-hybridized carbons (Fsp3) is 0.500. The number of hydrogen-bond donors (Lipinski definition) is 0. The Morgan fingerprint density at radius 1 is 1.53 bits per heavy atom. The quantitative estimate of drug-likeness (QED) is 0.751. The van der Waals surface area contributed by atoms with E-state index in [1.54, 1.807) is 13.0 Å². The zero-order chi connectivity index (χ0) is 13.8. The minimum absolute atomic E-state index is 0.230. The van der Waals surface area contributed by atoms with Crippen LogP contribution < -0.4 is 0 Å². The molecule has 1 aliphatic rings. The summed E-state index contributed by atoms with van der Waals surface area (Å²) in [6, 6.07) is 5.39. The van der Waals surface area contributed by atoms with Crippen LogP contribution in [0, 0.1) is 5.82 Å². The average Bonchev–Trinajstić information content (AvgIpc) is 3.16. The third kappa shape index (κ3) is 4.28. The van der Waals surface area contributed by atoms with Crippen LogP contribution in [0.1, 0.15) is 25.3 Å². The van der Waals surface area contributed by atoms with Gasteiger partial charge in [0.2, 0.25) is 0 Å². The number of nitrogens with zero attached hydrogens (tertiary/aromatic N) is 1. The average molecular weight is 330 g/mol. The summed E-state index contributed by atoms with van der Waals surface area (Å²) in [5.41, 5.74) is 0.611. The van der Waals surface area contributed by atoms with E-state index in [0.29, 0.717) is 24.8 Å². The lowest BCUT2D eigenvalue weighted by Crippen LogP contribution is -2.32. The molecule has 1 saturated carbocycles. The number of ether oxygens (including phenoxy) is 1. The molecule has 0 amide bonds. The lowest BCUT2D eigenvalue weighted by Gasteiger charge is -2.21. The van der Waals surface area contributed by atoms with Gasteiger partial charge in [-0.15, -0.1) is 0 Å². The molecule has 3 nitrogen and oxygen atoms in total. The second-order valence-corrected chi connectivity index (χ2v) is 5.59. The third-order valence-corrected chi connectivity index (χ3v) is 3.58. The molecule has 0 bridgehead atoms. The molecule has 0 heterocycles. The van der Waals surface area contributed by atoms with Gasteiger partial charge in [0.15, 0.2) is 0 Å². The summed E-state index contributed by atoms with van der Waals surface area (Å²) in [6.45, 7) is 2.84. The van der Waals surface area contributed by atoms with Gasteiger partial charge in [0.05, 0.1) is 13.2 Å². The number of benzene rings is 1. The summed E-state index contributed by atoms with van der Waals surface area (Å²) in [5.74, 6) is -0.490. The molecule has 0 aromatic heterocycles. The van der Waals surface area contributed by atoms with Gasteiger partial charge in [0.1, 0.15) is 5.82 Å². The number of carbonyl (C=O) groups is 1. The van der Waals surface area contributed by atoms with E-state index in [9.17, 15) is 9.18 Å². The molecule has 0 spiro atoms. The number of rotatable bonds is 6. The lowest BCUT2D eigenvalue weighted by atomic mass is 10.2. The van der Waals surface area contributed by atoms with Crippen molar-refractivity contribution >= 4 is 21.9 Å². The van der Waals surface area contributed by atoms with Crippen molar-refractivity contribution in [3.63, 3.8) is 0 Å². The maximum Gasteiger partial charge on any atom is 0.320 e. The van der Waals surface area contributed by atoms with Crippen molar-refractivity contribution in [3.05, 3.63) is 34.1 Å². The zero-order valence-electron chi connectivity index (χ0n) is 10.9. The number of halogens is 2. The van der Waals surface area contributed by atoms with Crippen LogP contribution in [0.3, 0.4) is 0 Å². The van der Waals surface area contributed by atoms with E-state index in [2.05, 4.69) is 15.9 Å². The molecule has 5 heteroatoms. The summed E-state index contributed by atoms with van der Waals surface area (Å²) >= 11 is 3.24. The molecule has 1 fully saturated rings. The highest BCUT2D eigenvalue weighted by atomic mass is 79.9. The van der Waals surface area contributed by atoms with Gasteiger partial charge in [-0.2, -0.15) is 0 Å². The molecule has 1 aromatic carbocycles. The van der Waals surface area contributed by atoms with E-state index >= 15 is 0 Å². The molecule has 0 saturated heterocycles. The van der Waals surface area contributed by atoms with Gasteiger partial charge in [-0.25, -0.2) is 4.39 Å². The minimum Gasteiger partial charge on any atom is -0.465 e. The van der Waals surface area contributed by atoms with Crippen LogP contribution in [0.4, 0.5) is 4.39 Å². The van der Waals surface area contributed by atoms with Gasteiger partial charge >= 0.3 is 5.97 Å². The molecule has 0 N–H and O–H groups in total. The fourth-order valence-electron chi connectivity index (χ4n) is 1.99. The van der Waals surface area contributed by atoms with E-state index in [-0.39, 0.29) is 18.3 Å². The summed E-state index contributed by atoms with van der Waals surface area (Å²) in [4.78, 5) is 13.5. The van der Waals surface area contributed by atoms with Crippen LogP contribution in [0.15, 0.2) is 22.7 Å². The molecule has 1 aromatic rings. The molecule has 0 atom stereocenters. The highest BCUT2D eigenvalue weighted by Crippen LogP contribution is 2.29. The van der Waals surface area contributed by atoms with Crippen LogP contribution in [0.25, 0.3) is 0 Å². The summed E-state index contributed by atoms with van der Waals surface area (Å²) in [7, 11) is 0. The monoisotopic (exact) mass is 329 g/mol. The fourth-order valence-corrected chi connectivity index (χ4v) is 2.33. The van der Waals surface area contributed by atoms with Crippen molar-refractivity contribution in [2.45, 2.75) is 32.4 Å². The molecule has 19 heavy (non-hydrogen) atoms. The number of carbonyl (C=O) groups excluding carboxylic acids is 1. The molecular formula is C14H17BrFNO2. The van der Waals surface area contributed by atoms with E-state index in [1.165, 1.54) is 6.07 Å². The maximum atomic E-state index is 13.8. The topological polar surface area (TPSA) is 29.5 Å². The Morgan fingerprint density at radius 2 is 2.26 bits per heavy atom. The minimum atomic E-state index is -0.246. The van der Waals surface area contributed by atoms with Gasteiger partial charge in [0, 0.05) is 22.6 Å². The van der Waals surface area contributed by atoms with Crippen molar-refractivity contribution in [2.24, 2.45) is 0 Å². The van der Waals surface area contributed by atoms with Gasteiger partial charge in [0.25, 0.3) is 0 Å². The highest BCUT2D eigenvalue weighted by Gasteiger charge is 2.31. The van der Waals surface area contributed by atoms with Crippen LogP contribution in [-0.2, 0) is 16.1 Å². The van der Waals surface area contributed by atoms with Crippen molar-refractivity contribution in [3.8, 4) is 0 Å². The highest BCUT2D eigenvalue weighted by molar-refractivity contribution is 9.10. The predicted octanol–water partition coefficient (Wildman–Crippen LogP) is 3.12. The van der Waals surface area contributed by atoms with Crippen LogP contribution >= 0.6 is 15.9 Å². The first-order chi connectivity index (χ1) is 9.10. The molecule has 0 unspecified atom stereocenters. The lowest BCUT2D eigenvalue weighted by molar-refractivity contribution is -0.144. The summed E-state index contributed by atoms with van der Waals surface area (Å²) in [6.07, 6.45) is 2.13. The Morgan fingerprint density at radius 3 is 2.84 bits per heavy atom. The van der Waals surface area contributed by atoms with Crippen LogP contribution in [0.5, 0.6) is 0 Å². The maximum absolute atomic E-state index is 13.8. The Kier molecular flexibility index (Phi) is 4.93. The van der Waals surface area contributed by atoms with Crippen molar-refractivity contribution in [1.82, 2.24) is 4.90 Å². The van der Waals surface area contributed by atoms with E-state index in [4.69, 9.17) is 4.74 Å². The summed E-state index contributed by atoms with van der Waals surface area (Å²) < 4.78 is 19.5. The first-order valence-electron chi connectivity index (χ1n) is 6.43. The number of esters is 1. The first kappa shape index (κ1) is 14.5. The van der Waals surface area contributed by atoms with Gasteiger partial charge in [-0.3, -0.25) is 9.69 Å². The van der Waals surface area contributed by atoms with Gasteiger partial charge < -0.3 is 4.74 Å². The van der Waals surface area contributed by atoms with Crippen LogP contribution in [-0.4, -0.2) is 30.1 Å². The Balaban J connectivity index is 2.02. The second-order valence-electron chi connectivity index (χ2n) is 4.68. The molecule has 104 valence electrons. The molecule has 1 aliphatic carbocycles. The SMILES string of the molecule is CCOC(=O)CN(Cc1ccc(Br)cc1F)C1CC1. The second kappa shape index (κ2) is 6.48. The largest absolute Gasteiger partial charge is 0.465 e. The Hall–Kier alpha value is -0.940. The van der Waals surface area contributed by atoms with E-state index in [0.717, 1.165) is 17.3 Å². The molecule has 0 aliphatic heterocycles. The zero-order valence-corrected chi connectivity index (χ0v) is 12.5. The molecular weight excluding hydrogens is 313 g/mol. The smallest absolute Gasteiger partial charge is 0.320 e. The summed E-state index contributed by atoms with van der Waals surface area (Å²) in [5, 5.41) is 0. The number of hydrogen-bond acceptors (Lipinski definition) is 3. The predicted molar refractivity (Wildman–Crippen MR) is 74.2 cm³/mol. The normalized spacial score (nSPS) is 14.7. The van der Waals surface area contributed by atoms with E-state index in [1.807, 2.05) is 11.0 Å². The molecule has 0 radical (unpaired) electrons.